The molecule has 0 unspecified atom stereocenters. The zero-order valence-electron chi connectivity index (χ0n) is 18.5. The first kappa shape index (κ1) is 20.8. The molecule has 4 aliphatic rings. The molecule has 3 N–H and O–H groups in total. The number of nitrogens with one attached hydrogen (secondary N) is 3. The van der Waals surface area contributed by atoms with Crippen LogP contribution < -0.4 is 16.0 Å². The lowest BCUT2D eigenvalue weighted by atomic mass is 9.47. The molecule has 5 rings (SSSR count). The summed E-state index contributed by atoms with van der Waals surface area (Å²) in [6.45, 7) is 4.79. The Balaban J connectivity index is 1.28. The highest BCUT2D eigenvalue weighted by Gasteiger charge is 2.60. The quantitative estimate of drug-likeness (QED) is 0.632. The second-order valence-electron chi connectivity index (χ2n) is 10.9. The molecule has 7 atom stereocenters. The molecule has 0 radical (unpaired) electrons. The number of halogens is 1. The van der Waals surface area contributed by atoms with Gasteiger partial charge >= 0.3 is 6.03 Å². The third-order valence-corrected chi connectivity index (χ3v) is 9.50. The number of rotatable bonds is 2. The zero-order valence-corrected chi connectivity index (χ0v) is 18.5. The van der Waals surface area contributed by atoms with E-state index in [2.05, 4.69) is 29.8 Å². The minimum absolute atomic E-state index is 0.114. The van der Waals surface area contributed by atoms with E-state index in [1.807, 2.05) is 0 Å². The average Bonchev–Trinajstić information content (AvgIpc) is 3.06. The van der Waals surface area contributed by atoms with Gasteiger partial charge in [-0.1, -0.05) is 13.8 Å². The SMILES string of the molecule is C[C@]12CCC(=O)N[C@@H]1CC[C@@H]1[C@@H]2CC[C@]2(C)[C@@H](NC(=O)Nc3ccc(F)cc3)CC[C@@H]12. The normalized spacial score (nSPS) is 41.4. The van der Waals surface area contributed by atoms with Crippen molar-refractivity contribution in [3.63, 3.8) is 0 Å². The van der Waals surface area contributed by atoms with Crippen molar-refractivity contribution >= 4 is 17.6 Å². The number of piperidine rings is 1. The summed E-state index contributed by atoms with van der Waals surface area (Å²) in [5.41, 5.74) is 0.930. The highest BCUT2D eigenvalue weighted by molar-refractivity contribution is 5.89. The number of anilines is 1. The third kappa shape index (κ3) is 3.42. The Bertz CT molecular complexity index is 874. The molecule has 3 saturated carbocycles. The maximum absolute atomic E-state index is 13.1. The van der Waals surface area contributed by atoms with E-state index >= 15 is 0 Å². The molecular formula is C25H34FN3O2. The van der Waals surface area contributed by atoms with Gasteiger partial charge in [0.25, 0.3) is 0 Å². The Hall–Kier alpha value is -2.11. The monoisotopic (exact) mass is 427 g/mol. The molecule has 0 aromatic heterocycles. The summed E-state index contributed by atoms with van der Waals surface area (Å²) in [6, 6.07) is 6.17. The fourth-order valence-corrected chi connectivity index (χ4v) is 7.80. The van der Waals surface area contributed by atoms with E-state index in [1.165, 1.54) is 25.0 Å². The molecule has 1 aromatic rings. The number of benzene rings is 1. The Morgan fingerprint density at radius 2 is 1.74 bits per heavy atom. The standard InChI is InChI=1S/C25H34FN3O2/c1-24-13-11-19-17(7-9-20-25(19,2)14-12-22(30)28-20)18(24)8-10-21(24)29-23(31)27-16-5-3-15(26)4-6-16/h3-6,17-21H,7-14H2,1-2H3,(H,28,30)(H2,27,29,31)/t17-,18-,19-,20+,21-,24-,25+/m0/s1. The highest BCUT2D eigenvalue weighted by atomic mass is 19.1. The van der Waals surface area contributed by atoms with Gasteiger partial charge in [-0.05, 0) is 97.8 Å². The summed E-state index contributed by atoms with van der Waals surface area (Å²) in [4.78, 5) is 24.6. The Labute approximate surface area is 183 Å². The van der Waals surface area contributed by atoms with Crippen LogP contribution in [0, 0.1) is 34.4 Å². The summed E-state index contributed by atoms with van der Waals surface area (Å²) in [5.74, 6) is 1.88. The molecule has 6 heteroatoms. The van der Waals surface area contributed by atoms with Gasteiger partial charge in [0.05, 0.1) is 0 Å². The van der Waals surface area contributed by atoms with E-state index in [9.17, 15) is 14.0 Å². The van der Waals surface area contributed by atoms with Gasteiger partial charge in [-0.2, -0.15) is 0 Å². The van der Waals surface area contributed by atoms with Crippen LogP contribution in [0.3, 0.4) is 0 Å². The number of urea groups is 1. The molecule has 1 heterocycles. The Morgan fingerprint density at radius 3 is 2.52 bits per heavy atom. The number of carbonyl (C=O) groups excluding carboxylic acids is 2. The molecular weight excluding hydrogens is 393 g/mol. The van der Waals surface area contributed by atoms with Crippen LogP contribution in [-0.4, -0.2) is 24.0 Å². The molecule has 1 aromatic carbocycles. The lowest BCUT2D eigenvalue weighted by molar-refractivity contribution is -0.136. The van der Waals surface area contributed by atoms with Crippen LogP contribution in [0.1, 0.15) is 65.2 Å². The number of fused-ring (bicyclic) bond motifs is 5. The average molecular weight is 428 g/mol. The van der Waals surface area contributed by atoms with E-state index in [0.29, 0.717) is 35.9 Å². The number of amides is 3. The van der Waals surface area contributed by atoms with Crippen molar-refractivity contribution in [3.8, 4) is 0 Å². The van der Waals surface area contributed by atoms with E-state index in [1.54, 1.807) is 12.1 Å². The van der Waals surface area contributed by atoms with Gasteiger partial charge in [-0.25, -0.2) is 9.18 Å². The van der Waals surface area contributed by atoms with Gasteiger partial charge in [0.1, 0.15) is 5.82 Å². The predicted octanol–water partition coefficient (Wildman–Crippen LogP) is 4.84. The van der Waals surface area contributed by atoms with Crippen LogP contribution >= 0.6 is 0 Å². The van der Waals surface area contributed by atoms with Gasteiger partial charge < -0.3 is 16.0 Å². The van der Waals surface area contributed by atoms with Crippen molar-refractivity contribution in [2.24, 2.45) is 28.6 Å². The van der Waals surface area contributed by atoms with Crippen molar-refractivity contribution in [2.75, 3.05) is 5.32 Å². The highest BCUT2D eigenvalue weighted by Crippen LogP contribution is 2.63. The number of hydrogen-bond acceptors (Lipinski definition) is 2. The summed E-state index contributed by atoms with van der Waals surface area (Å²) >= 11 is 0. The Morgan fingerprint density at radius 1 is 1.00 bits per heavy atom. The smallest absolute Gasteiger partial charge is 0.319 e. The maximum Gasteiger partial charge on any atom is 0.319 e. The van der Waals surface area contributed by atoms with E-state index in [0.717, 1.165) is 32.1 Å². The molecule has 4 fully saturated rings. The van der Waals surface area contributed by atoms with Gasteiger partial charge in [0.2, 0.25) is 5.91 Å². The second-order valence-corrected chi connectivity index (χ2v) is 10.9. The first-order chi connectivity index (χ1) is 14.8. The third-order valence-electron chi connectivity index (χ3n) is 9.50. The molecule has 31 heavy (non-hydrogen) atoms. The van der Waals surface area contributed by atoms with Crippen LogP contribution in [0.4, 0.5) is 14.9 Å². The van der Waals surface area contributed by atoms with Crippen molar-refractivity contribution in [2.45, 2.75) is 77.3 Å². The summed E-state index contributed by atoms with van der Waals surface area (Å²) in [5, 5.41) is 9.40. The Kier molecular flexibility index (Phi) is 5.02. The van der Waals surface area contributed by atoms with Crippen LogP contribution in [0.15, 0.2) is 24.3 Å². The van der Waals surface area contributed by atoms with Crippen LogP contribution in [0.5, 0.6) is 0 Å². The molecule has 3 aliphatic carbocycles. The summed E-state index contributed by atoms with van der Waals surface area (Å²) in [6.07, 6.45) is 8.40. The number of carbonyl (C=O) groups is 2. The summed E-state index contributed by atoms with van der Waals surface area (Å²) < 4.78 is 13.1. The predicted molar refractivity (Wildman–Crippen MR) is 118 cm³/mol. The topological polar surface area (TPSA) is 70.2 Å². The van der Waals surface area contributed by atoms with Gasteiger partial charge in [0, 0.05) is 24.2 Å². The van der Waals surface area contributed by atoms with E-state index in [-0.39, 0.29) is 34.6 Å². The van der Waals surface area contributed by atoms with Crippen LogP contribution in [0.2, 0.25) is 0 Å². The molecule has 168 valence electrons. The van der Waals surface area contributed by atoms with E-state index in [4.69, 9.17) is 0 Å². The van der Waals surface area contributed by atoms with Crippen molar-refractivity contribution in [1.29, 1.82) is 0 Å². The fraction of sp³-hybridized carbons (Fsp3) is 0.680. The molecule has 0 spiro atoms. The molecule has 1 saturated heterocycles. The van der Waals surface area contributed by atoms with Gasteiger partial charge in [-0.15, -0.1) is 0 Å². The summed E-state index contributed by atoms with van der Waals surface area (Å²) in [7, 11) is 0. The lowest BCUT2D eigenvalue weighted by Gasteiger charge is -2.60. The first-order valence-corrected chi connectivity index (χ1v) is 11.9. The molecule has 5 nitrogen and oxygen atoms in total. The van der Waals surface area contributed by atoms with Crippen molar-refractivity contribution in [3.05, 3.63) is 30.1 Å². The number of hydrogen-bond donors (Lipinski definition) is 3. The van der Waals surface area contributed by atoms with Crippen LogP contribution in [0.25, 0.3) is 0 Å². The van der Waals surface area contributed by atoms with Gasteiger partial charge in [-0.3, -0.25) is 4.79 Å². The molecule has 0 bridgehead atoms. The molecule has 1 aliphatic heterocycles. The minimum atomic E-state index is -0.310. The first-order valence-electron chi connectivity index (χ1n) is 11.9. The second kappa shape index (κ2) is 7.49. The molecule has 3 amide bonds. The minimum Gasteiger partial charge on any atom is -0.353 e. The van der Waals surface area contributed by atoms with Crippen molar-refractivity contribution < 1.29 is 14.0 Å². The maximum atomic E-state index is 13.1. The van der Waals surface area contributed by atoms with Gasteiger partial charge in [0.15, 0.2) is 0 Å². The van der Waals surface area contributed by atoms with Crippen LogP contribution in [-0.2, 0) is 4.79 Å². The fourth-order valence-electron chi connectivity index (χ4n) is 7.80. The lowest BCUT2D eigenvalue weighted by Crippen LogP contribution is -2.61. The largest absolute Gasteiger partial charge is 0.353 e. The zero-order chi connectivity index (χ0) is 21.8. The van der Waals surface area contributed by atoms with E-state index < -0.39 is 0 Å². The van der Waals surface area contributed by atoms with Crippen molar-refractivity contribution in [1.82, 2.24) is 10.6 Å².